The lowest BCUT2D eigenvalue weighted by atomic mass is 10.1. The molecule has 6 heteroatoms. The lowest BCUT2D eigenvalue weighted by molar-refractivity contribution is 0.0935. The third-order valence-corrected chi connectivity index (χ3v) is 3.34. The van der Waals surface area contributed by atoms with Gasteiger partial charge in [-0.1, -0.05) is 5.16 Å². The van der Waals surface area contributed by atoms with Crippen LogP contribution in [0.25, 0.3) is 0 Å². The predicted molar refractivity (Wildman–Crippen MR) is 75.5 cm³/mol. The van der Waals surface area contributed by atoms with Crippen LogP contribution in [0, 0.1) is 19.7 Å². The number of nitrogens with zero attached hydrogens (tertiary/aromatic N) is 1. The lowest BCUT2D eigenvalue weighted by Crippen LogP contribution is -2.28. The van der Waals surface area contributed by atoms with Gasteiger partial charge < -0.3 is 9.84 Å². The van der Waals surface area contributed by atoms with E-state index in [1.54, 1.807) is 20.8 Å². The summed E-state index contributed by atoms with van der Waals surface area (Å²) >= 11 is 4.11. The van der Waals surface area contributed by atoms with Gasteiger partial charge >= 0.3 is 0 Å². The van der Waals surface area contributed by atoms with Crippen molar-refractivity contribution in [3.05, 3.63) is 46.6 Å². The lowest BCUT2D eigenvalue weighted by Gasteiger charge is -2.14. The molecule has 0 radical (unpaired) electrons. The molecule has 2 rings (SSSR count). The number of benzene rings is 1. The van der Waals surface area contributed by atoms with Crippen molar-refractivity contribution in [1.29, 1.82) is 0 Å². The van der Waals surface area contributed by atoms with Gasteiger partial charge in [0.15, 0.2) is 0 Å². The minimum absolute atomic E-state index is 0.0314. The number of aryl methyl sites for hydroxylation is 2. The fourth-order valence-corrected chi connectivity index (χ4v) is 2.35. The maximum absolute atomic E-state index is 13.6. The quantitative estimate of drug-likeness (QED) is 0.855. The van der Waals surface area contributed by atoms with Crippen molar-refractivity contribution < 1.29 is 13.7 Å². The third kappa shape index (κ3) is 2.85. The molecule has 0 aliphatic heterocycles. The summed E-state index contributed by atoms with van der Waals surface area (Å²) in [5.41, 5.74) is 1.48. The van der Waals surface area contributed by atoms with Gasteiger partial charge in [-0.25, -0.2) is 4.39 Å². The van der Waals surface area contributed by atoms with Crippen LogP contribution in [0.1, 0.15) is 40.3 Å². The van der Waals surface area contributed by atoms with Crippen molar-refractivity contribution in [1.82, 2.24) is 10.5 Å². The average Bonchev–Trinajstić information content (AvgIpc) is 2.71. The molecule has 1 unspecified atom stereocenters. The number of thiol groups is 1. The van der Waals surface area contributed by atoms with Crippen LogP contribution < -0.4 is 5.32 Å². The maximum atomic E-state index is 13.6. The van der Waals surface area contributed by atoms with Crippen molar-refractivity contribution >= 4 is 18.5 Å². The molecule has 106 valence electrons. The van der Waals surface area contributed by atoms with Crippen LogP contribution in [0.2, 0.25) is 0 Å². The van der Waals surface area contributed by atoms with Crippen molar-refractivity contribution in [2.24, 2.45) is 0 Å². The Morgan fingerprint density at radius 3 is 2.75 bits per heavy atom. The Kier molecular flexibility index (Phi) is 4.13. The fraction of sp³-hybridized carbons (Fsp3) is 0.286. The maximum Gasteiger partial charge on any atom is 0.254 e. The normalized spacial score (nSPS) is 12.2. The molecule has 1 aromatic carbocycles. The second-order valence-electron chi connectivity index (χ2n) is 4.60. The van der Waals surface area contributed by atoms with Crippen molar-refractivity contribution in [2.75, 3.05) is 0 Å². The van der Waals surface area contributed by atoms with Gasteiger partial charge in [0.2, 0.25) is 0 Å². The average molecular weight is 294 g/mol. The number of rotatable bonds is 3. The predicted octanol–water partition coefficient (Wildman–Crippen LogP) is 3.21. The van der Waals surface area contributed by atoms with Crippen molar-refractivity contribution in [3.8, 4) is 0 Å². The largest absolute Gasteiger partial charge is 0.361 e. The SMILES string of the molecule is Cc1noc(C)c1C(C)NC(=O)c1cc(S)ccc1F. The van der Waals surface area contributed by atoms with Crippen molar-refractivity contribution in [3.63, 3.8) is 0 Å². The molecule has 0 fully saturated rings. The smallest absolute Gasteiger partial charge is 0.254 e. The van der Waals surface area contributed by atoms with Crippen LogP contribution in [0.15, 0.2) is 27.6 Å². The Labute approximate surface area is 121 Å². The van der Waals surface area contributed by atoms with E-state index in [0.717, 1.165) is 5.56 Å². The minimum Gasteiger partial charge on any atom is -0.361 e. The monoisotopic (exact) mass is 294 g/mol. The van der Waals surface area contributed by atoms with Crippen LogP contribution in [-0.2, 0) is 0 Å². The van der Waals surface area contributed by atoms with E-state index in [1.165, 1.54) is 18.2 Å². The van der Waals surface area contributed by atoms with Gasteiger partial charge in [0.1, 0.15) is 11.6 Å². The fourth-order valence-electron chi connectivity index (χ4n) is 2.14. The Hall–Kier alpha value is -1.82. The summed E-state index contributed by atoms with van der Waals surface area (Å²) in [6, 6.07) is 3.79. The van der Waals surface area contributed by atoms with E-state index in [1.807, 2.05) is 0 Å². The van der Waals surface area contributed by atoms with E-state index in [2.05, 4.69) is 23.1 Å². The van der Waals surface area contributed by atoms with E-state index in [-0.39, 0.29) is 11.6 Å². The van der Waals surface area contributed by atoms with Gasteiger partial charge in [-0.05, 0) is 39.0 Å². The first-order chi connectivity index (χ1) is 9.40. The minimum atomic E-state index is -0.578. The summed E-state index contributed by atoms with van der Waals surface area (Å²) in [5.74, 6) is -0.434. The molecular formula is C14H15FN2O2S. The number of hydrogen-bond acceptors (Lipinski definition) is 4. The standard InChI is InChI=1S/C14H15FN2O2S/c1-7(13-8(2)17-19-9(13)3)16-14(18)11-6-10(20)4-5-12(11)15/h4-7,20H,1-3H3,(H,16,18). The number of nitrogens with one attached hydrogen (secondary N) is 1. The molecule has 0 aliphatic carbocycles. The van der Waals surface area contributed by atoms with Gasteiger partial charge in [0.25, 0.3) is 5.91 Å². The first kappa shape index (κ1) is 14.6. The molecule has 0 aliphatic rings. The molecular weight excluding hydrogens is 279 g/mol. The Morgan fingerprint density at radius 1 is 1.45 bits per heavy atom. The molecule has 0 saturated carbocycles. The van der Waals surface area contributed by atoms with E-state index in [0.29, 0.717) is 16.3 Å². The number of hydrogen-bond donors (Lipinski definition) is 2. The summed E-state index contributed by atoms with van der Waals surface area (Å²) in [5, 5.41) is 6.57. The first-order valence-electron chi connectivity index (χ1n) is 6.12. The molecule has 2 aromatic rings. The first-order valence-corrected chi connectivity index (χ1v) is 6.57. The van der Waals surface area contributed by atoms with Crippen molar-refractivity contribution in [2.45, 2.75) is 31.7 Å². The molecule has 0 bridgehead atoms. The zero-order chi connectivity index (χ0) is 14.9. The van der Waals surface area contributed by atoms with Crippen LogP contribution >= 0.6 is 12.6 Å². The van der Waals surface area contributed by atoms with Crippen LogP contribution in [-0.4, -0.2) is 11.1 Å². The van der Waals surface area contributed by atoms with Gasteiger partial charge in [0, 0.05) is 10.5 Å². The molecule has 1 aromatic heterocycles. The summed E-state index contributed by atoms with van der Waals surface area (Å²) in [6.07, 6.45) is 0. The Balaban J connectivity index is 2.22. The molecule has 1 amide bonds. The second kappa shape index (κ2) is 5.66. The van der Waals surface area contributed by atoms with E-state index in [9.17, 15) is 9.18 Å². The number of carbonyl (C=O) groups is 1. The Morgan fingerprint density at radius 2 is 2.15 bits per heavy atom. The third-order valence-electron chi connectivity index (χ3n) is 3.06. The van der Waals surface area contributed by atoms with Crippen LogP contribution in [0.4, 0.5) is 4.39 Å². The molecule has 1 atom stereocenters. The van der Waals surface area contributed by atoms with E-state index >= 15 is 0 Å². The molecule has 1 heterocycles. The van der Waals surface area contributed by atoms with E-state index in [4.69, 9.17) is 4.52 Å². The molecule has 0 spiro atoms. The number of halogens is 1. The highest BCUT2D eigenvalue weighted by Gasteiger charge is 2.20. The van der Waals surface area contributed by atoms with E-state index < -0.39 is 11.7 Å². The number of aromatic nitrogens is 1. The highest BCUT2D eigenvalue weighted by atomic mass is 32.1. The summed E-state index contributed by atoms with van der Waals surface area (Å²) in [4.78, 5) is 12.6. The van der Waals surface area contributed by atoms with Crippen LogP contribution in [0.3, 0.4) is 0 Å². The summed E-state index contributed by atoms with van der Waals surface area (Å²) < 4.78 is 18.7. The van der Waals surface area contributed by atoms with Gasteiger partial charge in [-0.3, -0.25) is 4.79 Å². The van der Waals surface area contributed by atoms with Gasteiger partial charge in [0.05, 0.1) is 17.3 Å². The zero-order valence-corrected chi connectivity index (χ0v) is 12.3. The highest BCUT2D eigenvalue weighted by molar-refractivity contribution is 7.80. The molecule has 20 heavy (non-hydrogen) atoms. The van der Waals surface area contributed by atoms with Gasteiger partial charge in [-0.2, -0.15) is 0 Å². The summed E-state index contributed by atoms with van der Waals surface area (Å²) in [6.45, 7) is 5.36. The molecule has 0 saturated heterocycles. The molecule has 4 nitrogen and oxygen atoms in total. The number of amides is 1. The van der Waals surface area contributed by atoms with Gasteiger partial charge in [-0.15, -0.1) is 12.6 Å². The second-order valence-corrected chi connectivity index (χ2v) is 5.11. The topological polar surface area (TPSA) is 55.1 Å². The Bertz CT molecular complexity index is 635. The highest BCUT2D eigenvalue weighted by Crippen LogP contribution is 2.22. The molecule has 1 N–H and O–H groups in total. The summed E-state index contributed by atoms with van der Waals surface area (Å²) in [7, 11) is 0. The number of carbonyl (C=O) groups excluding carboxylic acids is 1. The van der Waals surface area contributed by atoms with Crippen LogP contribution in [0.5, 0.6) is 0 Å². The zero-order valence-electron chi connectivity index (χ0n) is 11.4.